The molecule has 0 saturated heterocycles. The minimum Gasteiger partial charge on any atom is -0.299 e. The standard InChI is InChI=1S/C12H12O/c1-2-6-11-7-3-4-8-12(11)9-5-10-13/h2-5,7-10H,1,6H2. The SMILES string of the molecule is C=CCc1ccccc1C=CC=O. The number of benzene rings is 1. The van der Waals surface area contributed by atoms with Crippen molar-refractivity contribution in [3.63, 3.8) is 0 Å². The van der Waals surface area contributed by atoms with Crippen molar-refractivity contribution in [2.45, 2.75) is 6.42 Å². The summed E-state index contributed by atoms with van der Waals surface area (Å²) in [7, 11) is 0. The number of hydrogen-bond acceptors (Lipinski definition) is 1. The van der Waals surface area contributed by atoms with Gasteiger partial charge >= 0.3 is 0 Å². The third-order valence-electron chi connectivity index (χ3n) is 1.77. The van der Waals surface area contributed by atoms with Gasteiger partial charge in [0, 0.05) is 0 Å². The Kier molecular flexibility index (Phi) is 3.71. The predicted octanol–water partition coefficient (Wildman–Crippen LogP) is 2.63. The summed E-state index contributed by atoms with van der Waals surface area (Å²) in [5, 5.41) is 0. The highest BCUT2D eigenvalue weighted by atomic mass is 16.1. The van der Waals surface area contributed by atoms with Crippen LogP contribution in [0.3, 0.4) is 0 Å². The Morgan fingerprint density at radius 3 is 2.77 bits per heavy atom. The fraction of sp³-hybridized carbons (Fsp3) is 0.0833. The summed E-state index contributed by atoms with van der Waals surface area (Å²) >= 11 is 0. The zero-order valence-corrected chi connectivity index (χ0v) is 7.44. The van der Waals surface area contributed by atoms with Crippen LogP contribution in [0.2, 0.25) is 0 Å². The Morgan fingerprint density at radius 1 is 1.31 bits per heavy atom. The first-order chi connectivity index (χ1) is 6.38. The monoisotopic (exact) mass is 172 g/mol. The van der Waals surface area contributed by atoms with Crippen molar-refractivity contribution in [3.8, 4) is 0 Å². The third kappa shape index (κ3) is 2.71. The molecule has 1 heteroatoms. The number of hydrogen-bond donors (Lipinski definition) is 0. The highest BCUT2D eigenvalue weighted by Crippen LogP contribution is 2.11. The average Bonchev–Trinajstić information content (AvgIpc) is 2.17. The van der Waals surface area contributed by atoms with Gasteiger partial charge in [0.05, 0.1) is 0 Å². The molecule has 1 rings (SSSR count). The van der Waals surface area contributed by atoms with Crippen LogP contribution in [-0.2, 0) is 11.2 Å². The largest absolute Gasteiger partial charge is 0.299 e. The first-order valence-electron chi connectivity index (χ1n) is 4.19. The number of aldehydes is 1. The minimum atomic E-state index is 0.782. The highest BCUT2D eigenvalue weighted by Gasteiger charge is 1.94. The molecule has 0 aliphatic rings. The van der Waals surface area contributed by atoms with Gasteiger partial charge in [0.2, 0.25) is 0 Å². The van der Waals surface area contributed by atoms with Crippen LogP contribution in [0.5, 0.6) is 0 Å². The minimum absolute atomic E-state index is 0.782. The van der Waals surface area contributed by atoms with Crippen molar-refractivity contribution in [1.29, 1.82) is 0 Å². The molecule has 1 nitrogen and oxygen atoms in total. The second-order valence-corrected chi connectivity index (χ2v) is 2.69. The molecule has 0 unspecified atom stereocenters. The average molecular weight is 172 g/mol. The van der Waals surface area contributed by atoms with Crippen molar-refractivity contribution in [1.82, 2.24) is 0 Å². The fourth-order valence-corrected chi connectivity index (χ4v) is 1.18. The lowest BCUT2D eigenvalue weighted by Gasteiger charge is -2.01. The summed E-state index contributed by atoms with van der Waals surface area (Å²) in [5.41, 5.74) is 2.27. The van der Waals surface area contributed by atoms with E-state index in [1.54, 1.807) is 0 Å². The maximum Gasteiger partial charge on any atom is 0.142 e. The summed E-state index contributed by atoms with van der Waals surface area (Å²) < 4.78 is 0. The van der Waals surface area contributed by atoms with E-state index in [4.69, 9.17) is 0 Å². The van der Waals surface area contributed by atoms with Crippen molar-refractivity contribution in [2.24, 2.45) is 0 Å². The van der Waals surface area contributed by atoms with Gasteiger partial charge in [0.15, 0.2) is 0 Å². The summed E-state index contributed by atoms with van der Waals surface area (Å²) in [5.74, 6) is 0. The molecule has 0 fully saturated rings. The summed E-state index contributed by atoms with van der Waals surface area (Å²) in [6, 6.07) is 7.96. The Labute approximate surface area is 78.4 Å². The van der Waals surface area contributed by atoms with Gasteiger partial charge in [-0.3, -0.25) is 4.79 Å². The molecule has 0 radical (unpaired) electrons. The van der Waals surface area contributed by atoms with Crippen molar-refractivity contribution in [2.75, 3.05) is 0 Å². The van der Waals surface area contributed by atoms with E-state index >= 15 is 0 Å². The van der Waals surface area contributed by atoms with Gasteiger partial charge in [-0.1, -0.05) is 36.4 Å². The zero-order chi connectivity index (χ0) is 9.52. The predicted molar refractivity (Wildman–Crippen MR) is 55.4 cm³/mol. The Hall–Kier alpha value is -1.63. The van der Waals surface area contributed by atoms with Crippen LogP contribution in [0.1, 0.15) is 11.1 Å². The number of rotatable bonds is 4. The lowest BCUT2D eigenvalue weighted by atomic mass is 10.0. The van der Waals surface area contributed by atoms with E-state index in [-0.39, 0.29) is 0 Å². The summed E-state index contributed by atoms with van der Waals surface area (Å²) in [6.45, 7) is 3.68. The van der Waals surface area contributed by atoms with Gasteiger partial charge in [-0.25, -0.2) is 0 Å². The van der Waals surface area contributed by atoms with Crippen LogP contribution in [0, 0.1) is 0 Å². The van der Waals surface area contributed by atoms with E-state index in [1.165, 1.54) is 11.6 Å². The third-order valence-corrected chi connectivity index (χ3v) is 1.77. The fourth-order valence-electron chi connectivity index (χ4n) is 1.18. The molecule has 0 aromatic heterocycles. The normalized spacial score (nSPS) is 10.2. The number of allylic oxidation sites excluding steroid dienone is 2. The van der Waals surface area contributed by atoms with E-state index in [2.05, 4.69) is 6.58 Å². The van der Waals surface area contributed by atoms with Crippen molar-refractivity contribution >= 4 is 12.4 Å². The van der Waals surface area contributed by atoms with Crippen LogP contribution in [-0.4, -0.2) is 6.29 Å². The molecule has 0 spiro atoms. The highest BCUT2D eigenvalue weighted by molar-refractivity contribution is 5.74. The van der Waals surface area contributed by atoms with Gasteiger partial charge in [0.25, 0.3) is 0 Å². The molecule has 0 heterocycles. The van der Waals surface area contributed by atoms with E-state index in [0.29, 0.717) is 0 Å². The molecule has 0 atom stereocenters. The van der Waals surface area contributed by atoms with Gasteiger partial charge in [0.1, 0.15) is 6.29 Å². The Balaban J connectivity index is 2.96. The van der Waals surface area contributed by atoms with Crippen LogP contribution >= 0.6 is 0 Å². The van der Waals surface area contributed by atoms with Crippen LogP contribution < -0.4 is 0 Å². The summed E-state index contributed by atoms with van der Waals surface area (Å²) in [4.78, 5) is 10.1. The van der Waals surface area contributed by atoms with E-state index in [9.17, 15) is 4.79 Å². The van der Waals surface area contributed by atoms with Crippen molar-refractivity contribution in [3.05, 3.63) is 54.1 Å². The molecule has 0 N–H and O–H groups in total. The molecule has 0 amide bonds. The maximum absolute atomic E-state index is 10.1. The van der Waals surface area contributed by atoms with E-state index in [1.807, 2.05) is 36.4 Å². The topological polar surface area (TPSA) is 17.1 Å². The lowest BCUT2D eigenvalue weighted by Crippen LogP contribution is -1.85. The molecule has 0 aliphatic carbocycles. The second-order valence-electron chi connectivity index (χ2n) is 2.69. The molecular formula is C12H12O. The van der Waals surface area contributed by atoms with E-state index in [0.717, 1.165) is 18.3 Å². The van der Waals surface area contributed by atoms with Gasteiger partial charge in [-0.2, -0.15) is 0 Å². The second kappa shape index (κ2) is 5.09. The lowest BCUT2D eigenvalue weighted by molar-refractivity contribution is -0.104. The molecule has 66 valence electrons. The van der Waals surface area contributed by atoms with Gasteiger partial charge < -0.3 is 0 Å². The molecule has 1 aromatic rings. The smallest absolute Gasteiger partial charge is 0.142 e. The molecule has 13 heavy (non-hydrogen) atoms. The van der Waals surface area contributed by atoms with Crippen LogP contribution in [0.4, 0.5) is 0 Å². The van der Waals surface area contributed by atoms with Crippen LogP contribution in [0.15, 0.2) is 43.0 Å². The van der Waals surface area contributed by atoms with Gasteiger partial charge in [-0.05, 0) is 23.6 Å². The zero-order valence-electron chi connectivity index (χ0n) is 7.44. The maximum atomic E-state index is 10.1. The molecular weight excluding hydrogens is 160 g/mol. The van der Waals surface area contributed by atoms with Crippen LogP contribution in [0.25, 0.3) is 6.08 Å². The quantitative estimate of drug-likeness (QED) is 0.387. The van der Waals surface area contributed by atoms with Crippen molar-refractivity contribution < 1.29 is 4.79 Å². The molecule has 0 aliphatic heterocycles. The molecule has 0 bridgehead atoms. The summed E-state index contributed by atoms with van der Waals surface area (Å²) in [6.07, 6.45) is 6.78. The van der Waals surface area contributed by atoms with E-state index < -0.39 is 0 Å². The Morgan fingerprint density at radius 2 is 2.08 bits per heavy atom. The first-order valence-corrected chi connectivity index (χ1v) is 4.19. The van der Waals surface area contributed by atoms with Gasteiger partial charge in [-0.15, -0.1) is 6.58 Å². The Bertz CT molecular complexity index is 324. The number of carbonyl (C=O) groups excluding carboxylic acids is 1. The molecule has 1 aromatic carbocycles. The number of carbonyl (C=O) groups is 1. The molecule has 0 saturated carbocycles. The first kappa shape index (κ1) is 9.46.